The van der Waals surface area contributed by atoms with Crippen LogP contribution in [0.5, 0.6) is 0 Å². The molecule has 0 unspecified atom stereocenters. The van der Waals surface area contributed by atoms with E-state index in [0.717, 1.165) is 77.5 Å². The summed E-state index contributed by atoms with van der Waals surface area (Å²) in [6.07, 6.45) is 1.82. The number of benzene rings is 4. The Balaban J connectivity index is 1.33. The van der Waals surface area contributed by atoms with E-state index in [1.165, 1.54) is 0 Å². The smallest absolute Gasteiger partial charge is 0.136 e. The van der Waals surface area contributed by atoms with Crippen LogP contribution < -0.4 is 0 Å². The molecule has 4 nitrogen and oxygen atoms in total. The van der Waals surface area contributed by atoms with Crippen LogP contribution in [0.2, 0.25) is 0 Å². The Hall–Kier alpha value is -5.35. The molecule has 0 aliphatic rings. The largest absolute Gasteiger partial charge is 0.456 e. The fourth-order valence-electron chi connectivity index (χ4n) is 5.42. The number of nitrogens with zero attached hydrogens (tertiary/aromatic N) is 3. The van der Waals surface area contributed by atoms with Crippen LogP contribution >= 0.6 is 0 Å². The normalized spacial score (nSPS) is 11.6. The Morgan fingerprint density at radius 3 is 1.95 bits per heavy atom. The van der Waals surface area contributed by atoms with Crippen molar-refractivity contribution in [2.75, 3.05) is 0 Å². The minimum Gasteiger partial charge on any atom is -0.456 e. The SMILES string of the molecule is c1ccc(-c2ccc3ccc4ccc(-c5ccc6oc7cccc(-c8ccccn8)c7c6c5)nc4c3n2)cc1. The standard InChI is InChI=1S/C35H21N3O/c1-2-7-22(8-3-1)28-17-14-23-12-13-24-15-18-29(38-35(24)34(23)37-28)25-16-19-31-27(21-25)33-26(9-6-11-32(33)39-31)30-10-4-5-20-36-30/h1-21H. The molecule has 0 N–H and O–H groups in total. The van der Waals surface area contributed by atoms with Gasteiger partial charge in [-0.25, -0.2) is 9.97 Å². The molecule has 0 aliphatic heterocycles. The van der Waals surface area contributed by atoms with Gasteiger partial charge in [-0.1, -0.05) is 72.8 Å². The van der Waals surface area contributed by atoms with Crippen molar-refractivity contribution in [3.05, 3.63) is 128 Å². The molecule has 0 spiro atoms. The van der Waals surface area contributed by atoms with Crippen LogP contribution in [-0.4, -0.2) is 15.0 Å². The number of aromatic nitrogens is 3. The number of pyridine rings is 3. The summed E-state index contributed by atoms with van der Waals surface area (Å²) in [5.41, 5.74) is 9.43. The number of hydrogen-bond donors (Lipinski definition) is 0. The fourth-order valence-corrected chi connectivity index (χ4v) is 5.42. The molecule has 0 aliphatic carbocycles. The van der Waals surface area contributed by atoms with Crippen LogP contribution in [-0.2, 0) is 0 Å². The molecule has 4 aromatic heterocycles. The molecule has 4 aromatic carbocycles. The van der Waals surface area contributed by atoms with Crippen molar-refractivity contribution in [2.24, 2.45) is 0 Å². The topological polar surface area (TPSA) is 51.8 Å². The van der Waals surface area contributed by atoms with Crippen molar-refractivity contribution in [2.45, 2.75) is 0 Å². The third-order valence-corrected chi connectivity index (χ3v) is 7.32. The van der Waals surface area contributed by atoms with Gasteiger partial charge in [0.25, 0.3) is 0 Å². The van der Waals surface area contributed by atoms with Crippen LogP contribution in [0.3, 0.4) is 0 Å². The molecule has 4 heteroatoms. The Morgan fingerprint density at radius 2 is 1.21 bits per heavy atom. The minimum atomic E-state index is 0.845. The maximum atomic E-state index is 6.23. The molecule has 0 fully saturated rings. The van der Waals surface area contributed by atoms with Gasteiger partial charge in [-0.3, -0.25) is 4.98 Å². The molecule has 0 saturated carbocycles. The molecule has 39 heavy (non-hydrogen) atoms. The minimum absolute atomic E-state index is 0.845. The lowest BCUT2D eigenvalue weighted by atomic mass is 10.0. The van der Waals surface area contributed by atoms with E-state index in [1.54, 1.807) is 0 Å². The summed E-state index contributed by atoms with van der Waals surface area (Å²) in [5, 5.41) is 4.25. The van der Waals surface area contributed by atoms with E-state index in [2.05, 4.69) is 71.7 Å². The van der Waals surface area contributed by atoms with Gasteiger partial charge in [-0.05, 0) is 48.5 Å². The fraction of sp³-hybridized carbons (Fsp3) is 0. The van der Waals surface area contributed by atoms with Crippen LogP contribution in [0.1, 0.15) is 0 Å². The maximum Gasteiger partial charge on any atom is 0.136 e. The van der Waals surface area contributed by atoms with Crippen molar-refractivity contribution < 1.29 is 4.42 Å². The summed E-state index contributed by atoms with van der Waals surface area (Å²) in [7, 11) is 0. The van der Waals surface area contributed by atoms with Gasteiger partial charge >= 0.3 is 0 Å². The van der Waals surface area contributed by atoms with Gasteiger partial charge in [-0.2, -0.15) is 0 Å². The molecule has 0 saturated heterocycles. The van der Waals surface area contributed by atoms with Crippen molar-refractivity contribution in [1.82, 2.24) is 15.0 Å². The summed E-state index contributed by atoms with van der Waals surface area (Å²) in [5.74, 6) is 0. The van der Waals surface area contributed by atoms with E-state index in [-0.39, 0.29) is 0 Å². The summed E-state index contributed by atoms with van der Waals surface area (Å²) in [6, 6.07) is 41.3. The molecular formula is C35H21N3O. The van der Waals surface area contributed by atoms with E-state index >= 15 is 0 Å². The van der Waals surface area contributed by atoms with Crippen LogP contribution in [0.4, 0.5) is 0 Å². The Bertz CT molecular complexity index is 2170. The average Bonchev–Trinajstić information content (AvgIpc) is 3.39. The van der Waals surface area contributed by atoms with Crippen molar-refractivity contribution in [3.8, 4) is 33.8 Å². The van der Waals surface area contributed by atoms with Crippen LogP contribution in [0.15, 0.2) is 132 Å². The summed E-state index contributed by atoms with van der Waals surface area (Å²) in [6.45, 7) is 0. The quantitative estimate of drug-likeness (QED) is 0.228. The predicted octanol–water partition coefficient (Wildman–Crippen LogP) is 9.08. The van der Waals surface area contributed by atoms with Gasteiger partial charge in [0.05, 0.1) is 28.1 Å². The predicted molar refractivity (Wildman–Crippen MR) is 158 cm³/mol. The second kappa shape index (κ2) is 8.61. The van der Waals surface area contributed by atoms with Gasteiger partial charge in [0.1, 0.15) is 11.2 Å². The lowest BCUT2D eigenvalue weighted by Crippen LogP contribution is -1.91. The maximum absolute atomic E-state index is 6.23. The van der Waals surface area contributed by atoms with E-state index in [9.17, 15) is 0 Å². The highest BCUT2D eigenvalue weighted by molar-refractivity contribution is 6.13. The number of hydrogen-bond acceptors (Lipinski definition) is 4. The summed E-state index contributed by atoms with van der Waals surface area (Å²) >= 11 is 0. The Labute approximate surface area is 224 Å². The molecule has 0 radical (unpaired) electrons. The highest BCUT2D eigenvalue weighted by Crippen LogP contribution is 2.38. The van der Waals surface area contributed by atoms with E-state index in [4.69, 9.17) is 14.4 Å². The molecular weight excluding hydrogens is 478 g/mol. The molecule has 0 atom stereocenters. The zero-order valence-electron chi connectivity index (χ0n) is 20.9. The summed E-state index contributed by atoms with van der Waals surface area (Å²) < 4.78 is 6.23. The third kappa shape index (κ3) is 3.57. The first-order valence-corrected chi connectivity index (χ1v) is 12.9. The van der Waals surface area contributed by atoms with Gasteiger partial charge in [-0.15, -0.1) is 0 Å². The van der Waals surface area contributed by atoms with Crippen molar-refractivity contribution in [1.29, 1.82) is 0 Å². The third-order valence-electron chi connectivity index (χ3n) is 7.32. The monoisotopic (exact) mass is 499 g/mol. The molecule has 182 valence electrons. The first-order valence-electron chi connectivity index (χ1n) is 12.9. The molecule has 0 bridgehead atoms. The van der Waals surface area contributed by atoms with Gasteiger partial charge in [0.2, 0.25) is 0 Å². The highest BCUT2D eigenvalue weighted by Gasteiger charge is 2.15. The lowest BCUT2D eigenvalue weighted by molar-refractivity contribution is 0.669. The number of rotatable bonds is 3. The summed E-state index contributed by atoms with van der Waals surface area (Å²) in [4.78, 5) is 14.8. The van der Waals surface area contributed by atoms with E-state index < -0.39 is 0 Å². The number of furan rings is 1. The molecule has 0 amide bonds. The number of fused-ring (bicyclic) bond motifs is 6. The van der Waals surface area contributed by atoms with Gasteiger partial charge < -0.3 is 4.42 Å². The second-order valence-electron chi connectivity index (χ2n) is 9.67. The zero-order chi connectivity index (χ0) is 25.8. The van der Waals surface area contributed by atoms with Gasteiger partial charge in [0, 0.05) is 44.4 Å². The van der Waals surface area contributed by atoms with Crippen LogP contribution in [0.25, 0.3) is 77.5 Å². The Kier molecular flexibility index (Phi) is 4.79. The highest BCUT2D eigenvalue weighted by atomic mass is 16.3. The first kappa shape index (κ1) is 21.7. The van der Waals surface area contributed by atoms with E-state index in [1.807, 2.05) is 60.8 Å². The molecule has 8 aromatic rings. The van der Waals surface area contributed by atoms with Gasteiger partial charge in [0.15, 0.2) is 0 Å². The average molecular weight is 500 g/mol. The van der Waals surface area contributed by atoms with Crippen molar-refractivity contribution in [3.63, 3.8) is 0 Å². The Morgan fingerprint density at radius 1 is 0.487 bits per heavy atom. The lowest BCUT2D eigenvalue weighted by Gasteiger charge is -2.08. The van der Waals surface area contributed by atoms with Crippen molar-refractivity contribution >= 4 is 43.7 Å². The van der Waals surface area contributed by atoms with Crippen LogP contribution in [0, 0.1) is 0 Å². The second-order valence-corrected chi connectivity index (χ2v) is 9.67. The first-order chi connectivity index (χ1) is 19.3. The zero-order valence-corrected chi connectivity index (χ0v) is 20.9. The molecule has 4 heterocycles. The van der Waals surface area contributed by atoms with E-state index in [0.29, 0.717) is 0 Å². The molecule has 8 rings (SSSR count).